The van der Waals surface area contributed by atoms with Gasteiger partial charge in [-0.3, -0.25) is 4.79 Å². The van der Waals surface area contributed by atoms with Gasteiger partial charge < -0.3 is 9.88 Å². The molecule has 0 aliphatic heterocycles. The van der Waals surface area contributed by atoms with Crippen LogP contribution in [0.5, 0.6) is 0 Å². The van der Waals surface area contributed by atoms with E-state index in [1.54, 1.807) is 12.5 Å². The molecule has 0 aliphatic carbocycles. The molecule has 0 spiro atoms. The van der Waals surface area contributed by atoms with Crippen molar-refractivity contribution in [3.63, 3.8) is 0 Å². The fourth-order valence-corrected chi connectivity index (χ4v) is 1.48. The third kappa shape index (κ3) is 2.81. The molecule has 1 rings (SSSR count). The number of imidazole rings is 1. The summed E-state index contributed by atoms with van der Waals surface area (Å²) in [6.07, 6.45) is 5.00. The normalized spacial score (nSPS) is 12.6. The fourth-order valence-electron chi connectivity index (χ4n) is 1.48. The van der Waals surface area contributed by atoms with Crippen molar-refractivity contribution in [1.29, 1.82) is 0 Å². The summed E-state index contributed by atoms with van der Waals surface area (Å²) < 4.78 is 1.98. The Morgan fingerprint density at radius 1 is 1.76 bits per heavy atom. The summed E-state index contributed by atoms with van der Waals surface area (Å²) in [4.78, 5) is 19.0. The third-order valence-corrected chi connectivity index (χ3v) is 2.60. The van der Waals surface area contributed by atoms with Gasteiger partial charge in [0.2, 0.25) is 6.41 Å². The van der Waals surface area contributed by atoms with Crippen molar-refractivity contribution in [2.24, 2.45) is 4.99 Å². The molecule has 1 aromatic heterocycles. The van der Waals surface area contributed by atoms with Crippen molar-refractivity contribution in [3.05, 3.63) is 18.6 Å². The Bertz CT molecular complexity index is 434. The lowest BCUT2D eigenvalue weighted by molar-refractivity contribution is -0.108. The second-order valence-electron chi connectivity index (χ2n) is 3.71. The summed E-state index contributed by atoms with van der Waals surface area (Å²) in [6.45, 7) is 9.80. The number of carbonyl (C=O) groups excluding carboxylic acids is 1. The van der Waals surface area contributed by atoms with Gasteiger partial charge in [-0.25, -0.2) is 9.98 Å². The van der Waals surface area contributed by atoms with Gasteiger partial charge in [-0.1, -0.05) is 13.5 Å². The molecule has 0 bridgehead atoms. The molecule has 5 heteroatoms. The molecule has 1 unspecified atom stereocenters. The summed E-state index contributed by atoms with van der Waals surface area (Å²) in [5.74, 6) is 0.723. The molecule has 0 saturated carbocycles. The summed E-state index contributed by atoms with van der Waals surface area (Å²) >= 11 is 0. The SMILES string of the molecule is C=C(NC=O)c1ncn(C(C)CC)c1N=CC. The lowest BCUT2D eigenvalue weighted by Gasteiger charge is -2.12. The molecule has 0 radical (unpaired) electrons. The minimum atomic E-state index is 0.305. The minimum absolute atomic E-state index is 0.305. The maximum absolute atomic E-state index is 10.4. The Hall–Kier alpha value is -1.91. The van der Waals surface area contributed by atoms with E-state index >= 15 is 0 Å². The molecule has 1 amide bonds. The highest BCUT2D eigenvalue weighted by Gasteiger charge is 2.15. The predicted octanol–water partition coefficient (Wildman–Crippen LogP) is 2.29. The molecule has 92 valence electrons. The first-order chi connectivity index (χ1) is 8.15. The number of aromatic nitrogens is 2. The van der Waals surface area contributed by atoms with Gasteiger partial charge in [0.05, 0.1) is 12.0 Å². The van der Waals surface area contributed by atoms with E-state index in [0.717, 1.165) is 12.2 Å². The van der Waals surface area contributed by atoms with Crippen molar-refractivity contribution >= 4 is 24.1 Å². The van der Waals surface area contributed by atoms with Crippen LogP contribution < -0.4 is 5.32 Å². The van der Waals surface area contributed by atoms with Crippen LogP contribution in [0.4, 0.5) is 5.82 Å². The number of rotatable bonds is 6. The van der Waals surface area contributed by atoms with E-state index in [0.29, 0.717) is 23.8 Å². The van der Waals surface area contributed by atoms with Gasteiger partial charge in [0.1, 0.15) is 5.69 Å². The molecule has 5 nitrogen and oxygen atoms in total. The van der Waals surface area contributed by atoms with E-state index in [-0.39, 0.29) is 0 Å². The maximum Gasteiger partial charge on any atom is 0.211 e. The molecular formula is C12H18N4O. The second-order valence-corrected chi connectivity index (χ2v) is 3.71. The van der Waals surface area contributed by atoms with Crippen LogP contribution in [0, 0.1) is 0 Å². The first-order valence-corrected chi connectivity index (χ1v) is 5.60. The van der Waals surface area contributed by atoms with Crippen LogP contribution in [-0.4, -0.2) is 22.2 Å². The Morgan fingerprint density at radius 3 is 3.00 bits per heavy atom. The molecule has 1 atom stereocenters. The number of nitrogens with one attached hydrogen (secondary N) is 1. The van der Waals surface area contributed by atoms with Crippen molar-refractivity contribution in [3.8, 4) is 0 Å². The monoisotopic (exact) mass is 234 g/mol. The largest absolute Gasteiger partial charge is 0.327 e. The van der Waals surface area contributed by atoms with Gasteiger partial charge in [-0.15, -0.1) is 0 Å². The van der Waals surface area contributed by atoms with E-state index in [1.807, 2.05) is 11.5 Å². The fraction of sp³-hybridized carbons (Fsp3) is 0.417. The lowest BCUT2D eigenvalue weighted by Crippen LogP contribution is -2.08. The number of hydrogen-bond donors (Lipinski definition) is 1. The lowest BCUT2D eigenvalue weighted by atomic mass is 10.2. The molecule has 0 saturated heterocycles. The number of hydrogen-bond acceptors (Lipinski definition) is 3. The van der Waals surface area contributed by atoms with Crippen molar-refractivity contribution in [1.82, 2.24) is 14.9 Å². The Labute approximate surface area is 101 Å². The average Bonchev–Trinajstić information content (AvgIpc) is 2.73. The topological polar surface area (TPSA) is 59.3 Å². The van der Waals surface area contributed by atoms with E-state index in [2.05, 4.69) is 35.7 Å². The van der Waals surface area contributed by atoms with Crippen LogP contribution in [-0.2, 0) is 4.79 Å². The molecular weight excluding hydrogens is 216 g/mol. The van der Waals surface area contributed by atoms with Crippen LogP contribution in [0.3, 0.4) is 0 Å². The van der Waals surface area contributed by atoms with Gasteiger partial charge in [-0.2, -0.15) is 0 Å². The highest BCUT2D eigenvalue weighted by atomic mass is 16.1. The van der Waals surface area contributed by atoms with Crippen molar-refractivity contribution in [2.75, 3.05) is 0 Å². The number of aliphatic imine (C=N–C) groups is 1. The quantitative estimate of drug-likeness (QED) is 0.606. The Morgan fingerprint density at radius 2 is 2.47 bits per heavy atom. The van der Waals surface area contributed by atoms with Gasteiger partial charge >= 0.3 is 0 Å². The first-order valence-electron chi connectivity index (χ1n) is 5.60. The van der Waals surface area contributed by atoms with Crippen LogP contribution >= 0.6 is 0 Å². The van der Waals surface area contributed by atoms with Gasteiger partial charge in [0.25, 0.3) is 0 Å². The highest BCUT2D eigenvalue weighted by molar-refractivity contribution is 5.76. The highest BCUT2D eigenvalue weighted by Crippen LogP contribution is 2.27. The zero-order chi connectivity index (χ0) is 12.8. The van der Waals surface area contributed by atoms with E-state index in [1.165, 1.54) is 0 Å². The van der Waals surface area contributed by atoms with E-state index in [4.69, 9.17) is 0 Å². The Kier molecular flexibility index (Phi) is 4.63. The first kappa shape index (κ1) is 13.2. The second kappa shape index (κ2) is 5.98. The van der Waals surface area contributed by atoms with E-state index in [9.17, 15) is 4.79 Å². The van der Waals surface area contributed by atoms with Crippen LogP contribution in [0.1, 0.15) is 38.9 Å². The van der Waals surface area contributed by atoms with Crippen molar-refractivity contribution < 1.29 is 4.79 Å². The third-order valence-electron chi connectivity index (χ3n) is 2.60. The van der Waals surface area contributed by atoms with Crippen LogP contribution in [0.2, 0.25) is 0 Å². The molecule has 1 heterocycles. The smallest absolute Gasteiger partial charge is 0.211 e. The van der Waals surface area contributed by atoms with Gasteiger partial charge in [-0.05, 0) is 20.3 Å². The number of amides is 1. The maximum atomic E-state index is 10.4. The summed E-state index contributed by atoms with van der Waals surface area (Å²) in [7, 11) is 0. The molecule has 0 fully saturated rings. The number of nitrogens with zero attached hydrogens (tertiary/aromatic N) is 3. The number of carbonyl (C=O) groups is 1. The minimum Gasteiger partial charge on any atom is -0.327 e. The standard InChI is InChI=1S/C12H18N4O/c1-5-9(3)16-7-14-11(10(4)15-8-17)12(16)13-6-2/h6-9H,4-5H2,1-3H3,(H,15,17). The van der Waals surface area contributed by atoms with Gasteiger partial charge in [0, 0.05) is 12.3 Å². The van der Waals surface area contributed by atoms with Gasteiger partial charge in [0.15, 0.2) is 5.82 Å². The van der Waals surface area contributed by atoms with Crippen LogP contribution in [0.15, 0.2) is 17.9 Å². The molecule has 1 N–H and O–H groups in total. The summed E-state index contributed by atoms with van der Waals surface area (Å²) in [5, 5.41) is 2.51. The molecule has 0 aromatic carbocycles. The Balaban J connectivity index is 3.19. The van der Waals surface area contributed by atoms with Crippen LogP contribution in [0.25, 0.3) is 5.70 Å². The summed E-state index contributed by atoms with van der Waals surface area (Å²) in [6, 6.07) is 0.305. The molecule has 1 aromatic rings. The van der Waals surface area contributed by atoms with Crippen molar-refractivity contribution in [2.45, 2.75) is 33.2 Å². The molecule has 0 aliphatic rings. The zero-order valence-corrected chi connectivity index (χ0v) is 10.5. The average molecular weight is 234 g/mol. The predicted molar refractivity (Wildman–Crippen MR) is 69.3 cm³/mol. The summed E-state index contributed by atoms with van der Waals surface area (Å²) in [5.41, 5.74) is 1.07. The van der Waals surface area contributed by atoms with E-state index < -0.39 is 0 Å². The zero-order valence-electron chi connectivity index (χ0n) is 10.5. The molecule has 17 heavy (non-hydrogen) atoms.